The molecule has 0 spiro atoms. The first-order chi connectivity index (χ1) is 19.2. The predicted octanol–water partition coefficient (Wildman–Crippen LogP) is 4.91. The van der Waals surface area contributed by atoms with Crippen LogP contribution in [-0.2, 0) is 29.4 Å². The minimum atomic E-state index is -4.14. The number of fused-ring (bicyclic) bond motifs is 1. The van der Waals surface area contributed by atoms with Crippen molar-refractivity contribution in [1.29, 1.82) is 0 Å². The van der Waals surface area contributed by atoms with Crippen molar-refractivity contribution in [2.45, 2.75) is 77.0 Å². The molecule has 2 N–H and O–H groups in total. The maximum absolute atomic E-state index is 13.8. The Labute approximate surface area is 235 Å². The van der Waals surface area contributed by atoms with Gasteiger partial charge in [0.05, 0.1) is 18.0 Å². The Kier molecular flexibility index (Phi) is 7.83. The van der Waals surface area contributed by atoms with Gasteiger partial charge < -0.3 is 14.2 Å². The Morgan fingerprint density at radius 3 is 2.58 bits per heavy atom. The van der Waals surface area contributed by atoms with E-state index in [-0.39, 0.29) is 18.1 Å². The van der Waals surface area contributed by atoms with E-state index in [1.165, 1.54) is 0 Å². The van der Waals surface area contributed by atoms with E-state index in [1.54, 1.807) is 32.1 Å². The monoisotopic (exact) mass is 564 g/mol. The molecule has 0 saturated carbocycles. The quantitative estimate of drug-likeness (QED) is 0.353. The molecule has 0 fully saturated rings. The second-order valence-corrected chi connectivity index (χ2v) is 12.7. The first-order valence-electron chi connectivity index (χ1n) is 13.8. The smallest absolute Gasteiger partial charge is 0.247 e. The number of aryl methyl sites for hydroxylation is 3. The maximum atomic E-state index is 13.8. The second kappa shape index (κ2) is 11.2. The summed E-state index contributed by atoms with van der Waals surface area (Å²) in [6.07, 6.45) is 10.3. The third-order valence-electron chi connectivity index (χ3n) is 8.02. The van der Waals surface area contributed by atoms with Crippen molar-refractivity contribution in [3.8, 4) is 0 Å². The van der Waals surface area contributed by atoms with Gasteiger partial charge in [-0.25, -0.2) is 18.1 Å². The third-order valence-corrected chi connectivity index (χ3v) is 10.0. The number of imidazole rings is 1. The molecule has 2 aromatic heterocycles. The summed E-state index contributed by atoms with van der Waals surface area (Å²) in [7, 11) is -4.14. The van der Waals surface area contributed by atoms with Gasteiger partial charge >= 0.3 is 0 Å². The zero-order valence-corrected chi connectivity index (χ0v) is 24.1. The van der Waals surface area contributed by atoms with Gasteiger partial charge in [0.2, 0.25) is 15.9 Å². The highest BCUT2D eigenvalue weighted by Crippen LogP contribution is 2.41. The van der Waals surface area contributed by atoms with Crippen molar-refractivity contribution in [3.63, 3.8) is 0 Å². The zero-order chi connectivity index (χ0) is 28.5. The highest BCUT2D eigenvalue weighted by atomic mass is 32.2. The van der Waals surface area contributed by atoms with Crippen LogP contribution in [0.4, 0.5) is 5.88 Å². The summed E-state index contributed by atoms with van der Waals surface area (Å²) < 4.78 is 35.7. The summed E-state index contributed by atoms with van der Waals surface area (Å²) in [5.41, 5.74) is 4.98. The molecule has 5 rings (SSSR count). The van der Waals surface area contributed by atoms with Crippen LogP contribution in [-0.4, -0.2) is 45.4 Å². The number of nitrogens with one attached hydrogen (secondary N) is 1. The molecule has 9 nitrogen and oxygen atoms in total. The van der Waals surface area contributed by atoms with Crippen molar-refractivity contribution in [3.05, 3.63) is 82.1 Å². The van der Waals surface area contributed by atoms with Gasteiger partial charge in [-0.05, 0) is 62.7 Å². The van der Waals surface area contributed by atoms with Gasteiger partial charge in [0.1, 0.15) is 16.3 Å². The number of hydrogen-bond donors (Lipinski definition) is 2. The lowest BCUT2D eigenvalue weighted by atomic mass is 9.86. The van der Waals surface area contributed by atoms with Crippen LogP contribution in [0.25, 0.3) is 5.57 Å². The fourth-order valence-electron chi connectivity index (χ4n) is 5.56. The van der Waals surface area contributed by atoms with Crippen LogP contribution >= 0.6 is 0 Å². The van der Waals surface area contributed by atoms with Crippen LogP contribution in [0.15, 0.2) is 47.0 Å². The lowest BCUT2D eigenvalue weighted by Gasteiger charge is -2.35. The first kappa shape index (κ1) is 28.0. The number of aliphatic hydroxyl groups excluding tert-OH is 1. The average Bonchev–Trinajstić information content (AvgIpc) is 3.37. The fourth-order valence-corrected chi connectivity index (χ4v) is 7.15. The number of allylic oxidation sites excluding steroid dienone is 3. The fraction of sp³-hybridized carbons (Fsp3) is 0.433. The SMILES string of the molecule is CCCc1nc2c(n1Cc1ccc(C3=CC=CCC3(CO)S(=O)(=O)Nc3onc(C)c3C)cc1)C(=O)CCCC2. The molecule has 2 aliphatic carbocycles. The molecule has 10 heteroatoms. The molecule has 0 amide bonds. The van der Waals surface area contributed by atoms with Gasteiger partial charge in [-0.2, -0.15) is 0 Å². The lowest BCUT2D eigenvalue weighted by Crippen LogP contribution is -2.47. The van der Waals surface area contributed by atoms with Crippen LogP contribution in [0.3, 0.4) is 0 Å². The van der Waals surface area contributed by atoms with E-state index in [2.05, 4.69) is 21.4 Å². The summed E-state index contributed by atoms with van der Waals surface area (Å²) in [5.74, 6) is 1.13. The summed E-state index contributed by atoms with van der Waals surface area (Å²) in [6, 6.07) is 7.65. The van der Waals surface area contributed by atoms with Crippen LogP contribution in [0.5, 0.6) is 0 Å². The third kappa shape index (κ3) is 4.94. The van der Waals surface area contributed by atoms with Crippen LogP contribution < -0.4 is 4.72 Å². The minimum absolute atomic E-state index is 0.0477. The Morgan fingerprint density at radius 1 is 1.15 bits per heavy atom. The molecule has 0 bridgehead atoms. The van der Waals surface area contributed by atoms with Crippen LogP contribution in [0.1, 0.15) is 83.4 Å². The molecular formula is C30H36N4O5S. The number of rotatable bonds is 9. The largest absolute Gasteiger partial charge is 0.394 e. The minimum Gasteiger partial charge on any atom is -0.394 e. The highest BCUT2D eigenvalue weighted by molar-refractivity contribution is 7.94. The molecule has 1 atom stereocenters. The molecular weight excluding hydrogens is 528 g/mol. The molecule has 2 aliphatic rings. The number of sulfonamides is 1. The van der Waals surface area contributed by atoms with Gasteiger partial charge in [0.15, 0.2) is 5.78 Å². The van der Waals surface area contributed by atoms with E-state index < -0.39 is 21.4 Å². The summed E-state index contributed by atoms with van der Waals surface area (Å²) >= 11 is 0. The van der Waals surface area contributed by atoms with E-state index >= 15 is 0 Å². The van der Waals surface area contributed by atoms with Gasteiger partial charge in [-0.1, -0.05) is 54.6 Å². The number of aromatic nitrogens is 3. The molecule has 1 unspecified atom stereocenters. The molecule has 0 aliphatic heterocycles. The standard InChI is InChI=1S/C30H36N4O5S/c1-4-9-27-31-25-11-5-6-12-26(36)28(25)34(27)18-22-13-15-23(16-14-22)24-10-7-8-17-30(24,19-35)40(37,38)33-29-20(2)21(3)32-39-29/h7-8,10,13-16,33,35H,4-6,9,11-12,17-19H2,1-3H3. The van der Waals surface area contributed by atoms with Crippen molar-refractivity contribution >= 4 is 27.3 Å². The van der Waals surface area contributed by atoms with E-state index in [4.69, 9.17) is 9.51 Å². The van der Waals surface area contributed by atoms with Gasteiger partial charge in [-0.3, -0.25) is 4.79 Å². The maximum Gasteiger partial charge on any atom is 0.247 e. The Balaban J connectivity index is 1.46. The molecule has 2 heterocycles. The van der Waals surface area contributed by atoms with E-state index in [1.807, 2.05) is 24.3 Å². The Morgan fingerprint density at radius 2 is 1.90 bits per heavy atom. The number of carbonyl (C=O) groups is 1. The number of anilines is 1. The first-order valence-corrected chi connectivity index (χ1v) is 15.3. The number of aliphatic hydroxyl groups is 1. The van der Waals surface area contributed by atoms with E-state index in [9.17, 15) is 18.3 Å². The van der Waals surface area contributed by atoms with Gasteiger partial charge in [0, 0.05) is 24.9 Å². The number of benzene rings is 1. The van der Waals surface area contributed by atoms with E-state index in [0.717, 1.165) is 54.9 Å². The van der Waals surface area contributed by atoms with Crippen molar-refractivity contribution in [2.24, 2.45) is 0 Å². The van der Waals surface area contributed by atoms with Crippen molar-refractivity contribution < 1.29 is 22.8 Å². The number of Topliss-reactive ketones (excluding diaryl/α,β-unsaturated/α-hetero) is 1. The molecule has 0 radical (unpaired) electrons. The zero-order valence-electron chi connectivity index (χ0n) is 23.2. The topological polar surface area (TPSA) is 127 Å². The normalized spacial score (nSPS) is 19.3. The average molecular weight is 565 g/mol. The van der Waals surface area contributed by atoms with Crippen molar-refractivity contribution in [1.82, 2.24) is 14.7 Å². The predicted molar refractivity (Wildman–Crippen MR) is 154 cm³/mol. The summed E-state index contributed by atoms with van der Waals surface area (Å²) in [5, 5.41) is 14.4. The number of ketones is 1. The highest BCUT2D eigenvalue weighted by Gasteiger charge is 2.48. The summed E-state index contributed by atoms with van der Waals surface area (Å²) in [6.45, 7) is 5.46. The lowest BCUT2D eigenvalue weighted by molar-refractivity contribution is 0.0973. The van der Waals surface area contributed by atoms with Crippen LogP contribution in [0.2, 0.25) is 0 Å². The molecule has 1 aromatic carbocycles. The summed E-state index contributed by atoms with van der Waals surface area (Å²) in [4.78, 5) is 17.8. The Hall–Kier alpha value is -3.50. The number of hydrogen-bond acceptors (Lipinski definition) is 7. The van der Waals surface area contributed by atoms with Crippen LogP contribution in [0, 0.1) is 13.8 Å². The molecule has 3 aromatic rings. The molecule has 0 saturated heterocycles. The van der Waals surface area contributed by atoms with Gasteiger partial charge in [-0.15, -0.1) is 0 Å². The van der Waals surface area contributed by atoms with E-state index in [0.29, 0.717) is 35.4 Å². The molecule has 40 heavy (non-hydrogen) atoms. The van der Waals surface area contributed by atoms with Gasteiger partial charge in [0.25, 0.3) is 0 Å². The Bertz CT molecular complexity index is 1580. The second-order valence-electron chi connectivity index (χ2n) is 10.7. The van der Waals surface area contributed by atoms with Crippen molar-refractivity contribution in [2.75, 3.05) is 11.3 Å². The number of carbonyl (C=O) groups excluding carboxylic acids is 1. The molecule has 212 valence electrons. The number of nitrogens with zero attached hydrogens (tertiary/aromatic N) is 3.